The van der Waals surface area contributed by atoms with Crippen LogP contribution >= 0.6 is 0 Å². The maximum absolute atomic E-state index is 11.9. The molecule has 1 amide bonds. The summed E-state index contributed by atoms with van der Waals surface area (Å²) in [6, 6.07) is 8.80. The summed E-state index contributed by atoms with van der Waals surface area (Å²) < 4.78 is 5.42. The molecular weight excluding hydrogens is 240 g/mol. The third-order valence-corrected chi connectivity index (χ3v) is 3.56. The highest BCUT2D eigenvalue weighted by atomic mass is 16.5. The second-order valence-corrected chi connectivity index (χ2v) is 5.17. The zero-order chi connectivity index (χ0) is 13.8. The van der Waals surface area contributed by atoms with E-state index in [2.05, 4.69) is 6.92 Å². The molecule has 2 rings (SSSR count). The minimum absolute atomic E-state index is 0.0107. The van der Waals surface area contributed by atoms with Gasteiger partial charge in [0.1, 0.15) is 5.75 Å². The van der Waals surface area contributed by atoms with E-state index in [4.69, 9.17) is 10.00 Å². The molecule has 1 fully saturated rings. The number of carbonyl (C=O) groups is 1. The Bertz CT molecular complexity index is 490. The molecule has 1 aliphatic carbocycles. The Hall–Kier alpha value is -2.02. The molecule has 0 heterocycles. The van der Waals surface area contributed by atoms with Crippen molar-refractivity contribution < 1.29 is 9.53 Å². The quantitative estimate of drug-likeness (QED) is 0.812. The number of amides is 1. The van der Waals surface area contributed by atoms with Crippen molar-refractivity contribution in [1.29, 1.82) is 5.26 Å². The standard InChI is InChI=1S/C15H18N2O2/c1-11-7-13(11)9-17(2)15(18)10-19-14-5-3-12(8-16)4-6-14/h3-6,11,13H,7,9-10H2,1-2H3. The summed E-state index contributed by atoms with van der Waals surface area (Å²) in [6.45, 7) is 3.07. The first-order chi connectivity index (χ1) is 9.10. The Labute approximate surface area is 113 Å². The fourth-order valence-corrected chi connectivity index (χ4v) is 1.99. The second-order valence-electron chi connectivity index (χ2n) is 5.17. The van der Waals surface area contributed by atoms with Crippen molar-refractivity contribution in [3.8, 4) is 11.8 Å². The van der Waals surface area contributed by atoms with Gasteiger partial charge in [-0.1, -0.05) is 6.92 Å². The SMILES string of the molecule is CC1CC1CN(C)C(=O)COc1ccc(C#N)cc1. The number of ether oxygens (including phenoxy) is 1. The van der Waals surface area contributed by atoms with E-state index in [1.54, 1.807) is 29.2 Å². The lowest BCUT2D eigenvalue weighted by Gasteiger charge is -2.17. The number of rotatable bonds is 5. The maximum atomic E-state index is 11.9. The third-order valence-electron chi connectivity index (χ3n) is 3.56. The summed E-state index contributed by atoms with van der Waals surface area (Å²) in [7, 11) is 1.81. The fourth-order valence-electron chi connectivity index (χ4n) is 1.99. The van der Waals surface area contributed by atoms with Gasteiger partial charge in [0.05, 0.1) is 11.6 Å². The molecule has 1 saturated carbocycles. The average molecular weight is 258 g/mol. The first-order valence-electron chi connectivity index (χ1n) is 6.47. The molecule has 0 saturated heterocycles. The van der Waals surface area contributed by atoms with E-state index in [1.807, 2.05) is 13.1 Å². The van der Waals surface area contributed by atoms with Crippen molar-refractivity contribution in [3.05, 3.63) is 29.8 Å². The molecule has 0 N–H and O–H groups in total. The van der Waals surface area contributed by atoms with E-state index in [1.165, 1.54) is 6.42 Å². The molecule has 1 aliphatic rings. The average Bonchev–Trinajstić information content (AvgIpc) is 3.11. The van der Waals surface area contributed by atoms with Crippen molar-refractivity contribution in [3.63, 3.8) is 0 Å². The predicted octanol–water partition coefficient (Wildman–Crippen LogP) is 2.05. The van der Waals surface area contributed by atoms with Crippen molar-refractivity contribution in [1.82, 2.24) is 4.90 Å². The molecule has 1 aromatic carbocycles. The normalized spacial score (nSPS) is 20.5. The molecule has 0 aliphatic heterocycles. The van der Waals surface area contributed by atoms with Crippen LogP contribution in [0.3, 0.4) is 0 Å². The van der Waals surface area contributed by atoms with Gasteiger partial charge in [-0.3, -0.25) is 4.79 Å². The fraction of sp³-hybridized carbons (Fsp3) is 0.467. The van der Waals surface area contributed by atoms with Gasteiger partial charge in [0.15, 0.2) is 6.61 Å². The van der Waals surface area contributed by atoms with Gasteiger partial charge in [0, 0.05) is 13.6 Å². The molecule has 0 radical (unpaired) electrons. The summed E-state index contributed by atoms with van der Waals surface area (Å²) in [4.78, 5) is 13.6. The van der Waals surface area contributed by atoms with Gasteiger partial charge >= 0.3 is 0 Å². The van der Waals surface area contributed by atoms with Crippen molar-refractivity contribution in [2.75, 3.05) is 20.2 Å². The Morgan fingerprint density at radius 1 is 1.47 bits per heavy atom. The number of likely N-dealkylation sites (N-methyl/N-ethyl adjacent to an activating group) is 1. The van der Waals surface area contributed by atoms with Crippen LogP contribution in [-0.2, 0) is 4.79 Å². The van der Waals surface area contributed by atoms with Gasteiger partial charge in [0.2, 0.25) is 0 Å². The lowest BCUT2D eigenvalue weighted by Crippen LogP contribution is -2.33. The number of hydrogen-bond acceptors (Lipinski definition) is 3. The topological polar surface area (TPSA) is 53.3 Å². The molecular formula is C15H18N2O2. The molecule has 4 heteroatoms. The zero-order valence-electron chi connectivity index (χ0n) is 11.3. The lowest BCUT2D eigenvalue weighted by molar-refractivity contribution is -0.132. The molecule has 4 nitrogen and oxygen atoms in total. The van der Waals surface area contributed by atoms with E-state index in [9.17, 15) is 4.79 Å². The van der Waals surface area contributed by atoms with E-state index in [-0.39, 0.29) is 12.5 Å². The van der Waals surface area contributed by atoms with Gasteiger partial charge in [-0.15, -0.1) is 0 Å². The summed E-state index contributed by atoms with van der Waals surface area (Å²) in [6.07, 6.45) is 1.22. The molecule has 1 aromatic rings. The smallest absolute Gasteiger partial charge is 0.260 e. The van der Waals surface area contributed by atoms with Gasteiger partial charge < -0.3 is 9.64 Å². The molecule has 0 spiro atoms. The number of nitrogens with zero attached hydrogens (tertiary/aromatic N) is 2. The van der Waals surface area contributed by atoms with Crippen molar-refractivity contribution in [2.45, 2.75) is 13.3 Å². The first kappa shape index (κ1) is 13.4. The summed E-state index contributed by atoms with van der Waals surface area (Å²) in [5.74, 6) is 2.00. The number of hydrogen-bond donors (Lipinski definition) is 0. The minimum Gasteiger partial charge on any atom is -0.484 e. The number of carbonyl (C=O) groups excluding carboxylic acids is 1. The lowest BCUT2D eigenvalue weighted by atomic mass is 10.2. The molecule has 100 valence electrons. The van der Waals surface area contributed by atoms with Gasteiger partial charge in [-0.25, -0.2) is 0 Å². The summed E-state index contributed by atoms with van der Waals surface area (Å²) in [5, 5.41) is 8.68. The molecule has 19 heavy (non-hydrogen) atoms. The van der Waals surface area contributed by atoms with Crippen LogP contribution in [0.25, 0.3) is 0 Å². The Morgan fingerprint density at radius 2 is 2.11 bits per heavy atom. The minimum atomic E-state index is -0.0107. The Morgan fingerprint density at radius 3 is 2.63 bits per heavy atom. The molecule has 2 unspecified atom stereocenters. The molecule has 2 atom stereocenters. The summed E-state index contributed by atoms with van der Waals surface area (Å²) >= 11 is 0. The number of benzene rings is 1. The highest BCUT2D eigenvalue weighted by molar-refractivity contribution is 5.77. The van der Waals surface area contributed by atoms with Crippen LogP contribution in [0.5, 0.6) is 5.75 Å². The highest BCUT2D eigenvalue weighted by Gasteiger charge is 2.34. The van der Waals surface area contributed by atoms with Gasteiger partial charge in [-0.2, -0.15) is 5.26 Å². The summed E-state index contributed by atoms with van der Waals surface area (Å²) in [5.41, 5.74) is 0.582. The van der Waals surface area contributed by atoms with Crippen LogP contribution < -0.4 is 4.74 Å². The van der Waals surface area contributed by atoms with E-state index in [0.717, 1.165) is 12.5 Å². The van der Waals surface area contributed by atoms with Crippen LogP contribution in [0.15, 0.2) is 24.3 Å². The van der Waals surface area contributed by atoms with E-state index in [0.29, 0.717) is 17.2 Å². The zero-order valence-corrected chi connectivity index (χ0v) is 11.3. The van der Waals surface area contributed by atoms with Crippen LogP contribution in [0.4, 0.5) is 0 Å². The molecule has 0 aromatic heterocycles. The molecule has 0 bridgehead atoms. The van der Waals surface area contributed by atoms with E-state index >= 15 is 0 Å². The van der Waals surface area contributed by atoms with Gasteiger partial charge in [-0.05, 0) is 42.5 Å². The number of nitriles is 1. The highest BCUT2D eigenvalue weighted by Crippen LogP contribution is 2.37. The third kappa shape index (κ3) is 3.72. The Kier molecular flexibility index (Phi) is 4.06. The second kappa shape index (κ2) is 5.75. The Balaban J connectivity index is 1.77. The maximum Gasteiger partial charge on any atom is 0.260 e. The monoisotopic (exact) mass is 258 g/mol. The van der Waals surface area contributed by atoms with Gasteiger partial charge in [0.25, 0.3) is 5.91 Å². The van der Waals surface area contributed by atoms with Crippen molar-refractivity contribution >= 4 is 5.91 Å². The predicted molar refractivity (Wildman–Crippen MR) is 71.6 cm³/mol. The largest absolute Gasteiger partial charge is 0.484 e. The van der Waals surface area contributed by atoms with E-state index < -0.39 is 0 Å². The van der Waals surface area contributed by atoms with Crippen LogP contribution in [0.1, 0.15) is 18.9 Å². The van der Waals surface area contributed by atoms with Crippen LogP contribution in [0.2, 0.25) is 0 Å². The van der Waals surface area contributed by atoms with Crippen LogP contribution in [-0.4, -0.2) is 31.0 Å². The van der Waals surface area contributed by atoms with Crippen molar-refractivity contribution in [2.24, 2.45) is 11.8 Å². The van der Waals surface area contributed by atoms with Crippen LogP contribution in [0, 0.1) is 23.2 Å². The first-order valence-corrected chi connectivity index (χ1v) is 6.47.